The molecule has 7 nitrogen and oxygen atoms in total. The minimum atomic E-state index is -1.02. The monoisotopic (exact) mass is 334 g/mol. The van der Waals surface area contributed by atoms with Crippen LogP contribution in [0.15, 0.2) is 12.1 Å². The number of methoxy groups -OCH3 is 2. The van der Waals surface area contributed by atoms with Gasteiger partial charge in [-0.15, -0.1) is 0 Å². The zero-order valence-electron chi connectivity index (χ0n) is 14.7. The number of likely N-dealkylation sites (N-methyl/N-ethyl adjacent to an activating group) is 1. The lowest BCUT2D eigenvalue weighted by molar-refractivity contribution is -0.570. The summed E-state index contributed by atoms with van der Waals surface area (Å²) in [5.74, 6) is 0.0925. The number of nitrogens with zero attached hydrogens (tertiary/aromatic N) is 2. The van der Waals surface area contributed by atoms with Crippen LogP contribution in [0.1, 0.15) is 36.7 Å². The molecule has 0 bridgehead atoms. The highest BCUT2D eigenvalue weighted by atomic mass is 16.5. The van der Waals surface area contributed by atoms with Crippen LogP contribution >= 0.6 is 0 Å². The van der Waals surface area contributed by atoms with E-state index in [4.69, 9.17) is 9.47 Å². The van der Waals surface area contributed by atoms with Crippen LogP contribution < -0.4 is 9.47 Å². The molecule has 1 aromatic carbocycles. The fourth-order valence-corrected chi connectivity index (χ4v) is 2.86. The van der Waals surface area contributed by atoms with Gasteiger partial charge in [0.1, 0.15) is 11.5 Å². The lowest BCUT2D eigenvalue weighted by Gasteiger charge is -2.32. The van der Waals surface area contributed by atoms with E-state index in [2.05, 4.69) is 0 Å². The molecule has 130 valence electrons. The molecular weight excluding hydrogens is 312 g/mol. The fraction of sp³-hybridized carbons (Fsp3) is 0.471. The van der Waals surface area contributed by atoms with E-state index in [-0.39, 0.29) is 22.8 Å². The molecule has 1 aliphatic rings. The van der Waals surface area contributed by atoms with Crippen molar-refractivity contribution >= 4 is 17.9 Å². The van der Waals surface area contributed by atoms with Gasteiger partial charge in [-0.2, -0.15) is 4.74 Å². The summed E-state index contributed by atoms with van der Waals surface area (Å²) >= 11 is 0. The van der Waals surface area contributed by atoms with E-state index in [9.17, 15) is 14.8 Å². The molecule has 0 aromatic heterocycles. The maximum Gasteiger partial charge on any atom is 0.325 e. The van der Waals surface area contributed by atoms with Gasteiger partial charge in [0.15, 0.2) is 6.29 Å². The first-order valence-corrected chi connectivity index (χ1v) is 7.58. The van der Waals surface area contributed by atoms with Gasteiger partial charge in [-0.1, -0.05) is 13.8 Å². The van der Waals surface area contributed by atoms with Crippen molar-refractivity contribution in [3.63, 3.8) is 0 Å². The average molecular weight is 334 g/mol. The third-order valence-corrected chi connectivity index (χ3v) is 4.83. The van der Waals surface area contributed by atoms with Gasteiger partial charge in [0.2, 0.25) is 0 Å². The Balaban J connectivity index is 2.77. The largest absolute Gasteiger partial charge is 0.621 e. The first kappa shape index (κ1) is 17.8. The van der Waals surface area contributed by atoms with Crippen LogP contribution in [0.2, 0.25) is 0 Å². The molecular formula is C17H22N2O5. The summed E-state index contributed by atoms with van der Waals surface area (Å²) in [6.45, 7) is 5.46. The highest BCUT2D eigenvalue weighted by Crippen LogP contribution is 2.35. The van der Waals surface area contributed by atoms with Crippen molar-refractivity contribution in [2.24, 2.45) is 5.92 Å². The summed E-state index contributed by atoms with van der Waals surface area (Å²) in [5, 5.41) is 13.0. The van der Waals surface area contributed by atoms with E-state index in [0.29, 0.717) is 22.5 Å². The van der Waals surface area contributed by atoms with Crippen molar-refractivity contribution in [3.8, 4) is 11.5 Å². The number of amides is 1. The van der Waals surface area contributed by atoms with Crippen LogP contribution in [0.3, 0.4) is 0 Å². The number of ether oxygens (including phenoxy) is 2. The molecule has 0 radical (unpaired) electrons. The van der Waals surface area contributed by atoms with E-state index in [1.165, 1.54) is 31.3 Å². The SMILES string of the molecule is COc1cc(OC)c(C2=[N+]([O-])C(C)(C(C)C)N(C)C2=O)cc1C=O. The van der Waals surface area contributed by atoms with Gasteiger partial charge in [-0.25, -0.2) is 0 Å². The van der Waals surface area contributed by atoms with E-state index in [1.54, 1.807) is 14.0 Å². The Morgan fingerprint density at radius 3 is 2.25 bits per heavy atom. The van der Waals surface area contributed by atoms with Crippen molar-refractivity contribution in [1.29, 1.82) is 0 Å². The summed E-state index contributed by atoms with van der Waals surface area (Å²) in [7, 11) is 4.45. The van der Waals surface area contributed by atoms with E-state index >= 15 is 0 Å². The molecule has 0 N–H and O–H groups in total. The van der Waals surface area contributed by atoms with Gasteiger partial charge in [-0.05, 0) is 6.07 Å². The molecule has 1 atom stereocenters. The van der Waals surface area contributed by atoms with E-state index in [0.717, 1.165) is 0 Å². The summed E-state index contributed by atoms with van der Waals surface area (Å²) in [6, 6.07) is 2.95. The molecule has 2 rings (SSSR count). The minimum Gasteiger partial charge on any atom is -0.621 e. The summed E-state index contributed by atoms with van der Waals surface area (Å²) in [5.41, 5.74) is -0.547. The molecule has 0 saturated heterocycles. The van der Waals surface area contributed by atoms with Crippen LogP contribution in [0, 0.1) is 11.1 Å². The van der Waals surface area contributed by atoms with Crippen LogP contribution in [-0.2, 0) is 4.79 Å². The molecule has 1 aliphatic heterocycles. The zero-order valence-corrected chi connectivity index (χ0v) is 14.7. The smallest absolute Gasteiger partial charge is 0.325 e. The van der Waals surface area contributed by atoms with Gasteiger partial charge in [-0.3, -0.25) is 14.5 Å². The van der Waals surface area contributed by atoms with Crippen LogP contribution in [0.4, 0.5) is 0 Å². The molecule has 0 fully saturated rings. The van der Waals surface area contributed by atoms with Gasteiger partial charge < -0.3 is 14.7 Å². The predicted molar refractivity (Wildman–Crippen MR) is 88.7 cm³/mol. The normalized spacial score (nSPS) is 20.8. The number of rotatable bonds is 5. The summed E-state index contributed by atoms with van der Waals surface area (Å²) in [4.78, 5) is 25.5. The second-order valence-corrected chi connectivity index (χ2v) is 6.17. The minimum absolute atomic E-state index is 0.0451. The van der Waals surface area contributed by atoms with Crippen molar-refractivity contribution < 1.29 is 23.8 Å². The molecule has 1 heterocycles. The quantitative estimate of drug-likeness (QED) is 0.465. The first-order valence-electron chi connectivity index (χ1n) is 7.58. The Hall–Kier alpha value is -2.57. The predicted octanol–water partition coefficient (Wildman–Crippen LogP) is 1.66. The molecule has 1 unspecified atom stereocenters. The van der Waals surface area contributed by atoms with E-state index < -0.39 is 11.6 Å². The molecule has 0 spiro atoms. The van der Waals surface area contributed by atoms with Crippen LogP contribution in [0.25, 0.3) is 0 Å². The Bertz CT molecular complexity index is 726. The van der Waals surface area contributed by atoms with Crippen LogP contribution in [0.5, 0.6) is 11.5 Å². The Labute approximate surface area is 141 Å². The summed E-state index contributed by atoms with van der Waals surface area (Å²) < 4.78 is 11.2. The number of hydrogen-bond acceptors (Lipinski definition) is 5. The molecule has 1 amide bonds. The molecule has 0 aliphatic carbocycles. The summed E-state index contributed by atoms with van der Waals surface area (Å²) in [6.07, 6.45) is 0.613. The highest BCUT2D eigenvalue weighted by Gasteiger charge is 2.54. The zero-order chi connectivity index (χ0) is 18.2. The van der Waals surface area contributed by atoms with Crippen LogP contribution in [-0.4, -0.2) is 54.5 Å². The van der Waals surface area contributed by atoms with Gasteiger partial charge in [0.25, 0.3) is 11.4 Å². The number of hydroxylamine groups is 1. The maximum absolute atomic E-state index is 13.0. The topological polar surface area (TPSA) is 81.9 Å². The third-order valence-electron chi connectivity index (χ3n) is 4.83. The Kier molecular flexibility index (Phi) is 4.55. The first-order chi connectivity index (χ1) is 11.2. The van der Waals surface area contributed by atoms with Gasteiger partial charge in [0, 0.05) is 26.0 Å². The second-order valence-electron chi connectivity index (χ2n) is 6.17. The number of benzene rings is 1. The Morgan fingerprint density at radius 2 is 1.83 bits per heavy atom. The number of carbonyl (C=O) groups is 2. The lowest BCUT2D eigenvalue weighted by Crippen LogP contribution is -2.51. The average Bonchev–Trinajstić information content (AvgIpc) is 2.75. The number of hydrogen-bond donors (Lipinski definition) is 0. The molecule has 7 heteroatoms. The Morgan fingerprint density at radius 1 is 1.25 bits per heavy atom. The van der Waals surface area contributed by atoms with Crippen molar-refractivity contribution in [2.75, 3.05) is 21.3 Å². The highest BCUT2D eigenvalue weighted by molar-refractivity contribution is 6.44. The third kappa shape index (κ3) is 2.31. The van der Waals surface area contributed by atoms with Crippen molar-refractivity contribution in [3.05, 3.63) is 28.5 Å². The van der Waals surface area contributed by atoms with Gasteiger partial charge >= 0.3 is 5.91 Å². The molecule has 1 aromatic rings. The van der Waals surface area contributed by atoms with E-state index in [1.807, 2.05) is 13.8 Å². The maximum atomic E-state index is 13.0. The number of aldehydes is 1. The number of carbonyl (C=O) groups excluding carboxylic acids is 2. The van der Waals surface area contributed by atoms with Crippen molar-refractivity contribution in [2.45, 2.75) is 26.4 Å². The standard InChI is InChI=1S/C17H22N2O5/c1-10(2)17(3)18(4)16(21)15(19(17)22)12-7-11(9-20)13(23-5)8-14(12)24-6/h7-10H,1-6H3. The molecule has 24 heavy (non-hydrogen) atoms. The molecule has 0 saturated carbocycles. The fourth-order valence-electron chi connectivity index (χ4n) is 2.86. The lowest BCUT2D eigenvalue weighted by atomic mass is 9.98. The second kappa shape index (κ2) is 6.14. The van der Waals surface area contributed by atoms with Gasteiger partial charge in [0.05, 0.1) is 25.3 Å². The van der Waals surface area contributed by atoms with Crippen molar-refractivity contribution in [1.82, 2.24) is 4.90 Å².